The number of aromatic hydroxyl groups is 1. The summed E-state index contributed by atoms with van der Waals surface area (Å²) >= 11 is 1.51. The summed E-state index contributed by atoms with van der Waals surface area (Å²) in [5.74, 6) is 1.69. The van der Waals surface area contributed by atoms with Crippen LogP contribution in [0, 0.1) is 6.92 Å². The highest BCUT2D eigenvalue weighted by molar-refractivity contribution is 7.17. The van der Waals surface area contributed by atoms with Gasteiger partial charge in [0.25, 0.3) is 0 Å². The summed E-state index contributed by atoms with van der Waals surface area (Å²) < 4.78 is 6.86. The first-order chi connectivity index (χ1) is 13.1. The van der Waals surface area contributed by atoms with Crippen molar-refractivity contribution in [3.05, 3.63) is 40.5 Å². The van der Waals surface area contributed by atoms with Gasteiger partial charge in [-0.05, 0) is 31.2 Å². The summed E-state index contributed by atoms with van der Waals surface area (Å²) in [4.78, 5) is 10.9. The van der Waals surface area contributed by atoms with Gasteiger partial charge in [-0.25, -0.2) is 4.98 Å². The van der Waals surface area contributed by atoms with Gasteiger partial charge in [-0.15, -0.1) is 5.10 Å². The van der Waals surface area contributed by atoms with Crippen molar-refractivity contribution in [1.82, 2.24) is 24.4 Å². The highest BCUT2D eigenvalue weighted by Crippen LogP contribution is 2.40. The molecule has 0 radical (unpaired) electrons. The van der Waals surface area contributed by atoms with Crippen LogP contribution in [0.25, 0.3) is 4.96 Å². The molecule has 0 saturated carbocycles. The number of ether oxygens (including phenoxy) is 1. The van der Waals surface area contributed by atoms with Gasteiger partial charge in [0.2, 0.25) is 10.8 Å². The lowest BCUT2D eigenvalue weighted by Crippen LogP contribution is -2.47. The Labute approximate surface area is 162 Å². The van der Waals surface area contributed by atoms with Crippen LogP contribution in [0.1, 0.15) is 29.2 Å². The molecule has 2 aromatic heterocycles. The van der Waals surface area contributed by atoms with E-state index in [1.54, 1.807) is 11.6 Å². The molecule has 0 aliphatic carbocycles. The minimum atomic E-state index is -0.0243. The molecule has 1 aliphatic rings. The third-order valence-electron chi connectivity index (χ3n) is 5.20. The Balaban J connectivity index is 1.74. The number of hydrogen-bond acceptors (Lipinski definition) is 7. The number of likely N-dealkylation sites (N-methyl/N-ethyl adjacent to an activating group) is 1. The van der Waals surface area contributed by atoms with E-state index < -0.39 is 0 Å². The van der Waals surface area contributed by atoms with Gasteiger partial charge in [-0.2, -0.15) is 4.52 Å². The zero-order chi connectivity index (χ0) is 19.0. The van der Waals surface area contributed by atoms with Crippen molar-refractivity contribution in [2.24, 2.45) is 0 Å². The molecule has 8 heteroatoms. The summed E-state index contributed by atoms with van der Waals surface area (Å²) in [6.45, 7) is 9.08. The van der Waals surface area contributed by atoms with Crippen LogP contribution in [-0.4, -0.2) is 69.3 Å². The quantitative estimate of drug-likeness (QED) is 0.726. The molecule has 7 nitrogen and oxygen atoms in total. The van der Waals surface area contributed by atoms with Gasteiger partial charge < -0.3 is 14.7 Å². The van der Waals surface area contributed by atoms with Gasteiger partial charge in [0.1, 0.15) is 11.6 Å². The normalized spacial score (nSPS) is 17.4. The zero-order valence-electron chi connectivity index (χ0n) is 15.9. The Morgan fingerprint density at radius 3 is 2.48 bits per heavy atom. The second kappa shape index (κ2) is 7.46. The summed E-state index contributed by atoms with van der Waals surface area (Å²) in [5, 5.41) is 15.2. The fourth-order valence-corrected chi connectivity index (χ4v) is 4.84. The van der Waals surface area contributed by atoms with Crippen molar-refractivity contribution in [2.45, 2.75) is 19.9 Å². The van der Waals surface area contributed by atoms with Crippen molar-refractivity contribution in [1.29, 1.82) is 0 Å². The van der Waals surface area contributed by atoms with Gasteiger partial charge in [-0.1, -0.05) is 30.4 Å². The van der Waals surface area contributed by atoms with E-state index in [9.17, 15) is 5.11 Å². The van der Waals surface area contributed by atoms with Gasteiger partial charge in [0, 0.05) is 26.2 Å². The molecule has 1 unspecified atom stereocenters. The summed E-state index contributed by atoms with van der Waals surface area (Å²) in [6.07, 6.45) is 0. The second-order valence-corrected chi connectivity index (χ2v) is 7.80. The predicted octanol–water partition coefficient (Wildman–Crippen LogP) is 2.54. The van der Waals surface area contributed by atoms with E-state index in [1.165, 1.54) is 11.3 Å². The van der Waals surface area contributed by atoms with E-state index in [4.69, 9.17) is 4.74 Å². The number of thiazole rings is 1. The summed E-state index contributed by atoms with van der Waals surface area (Å²) in [5.41, 5.74) is 1.14. The number of hydrogen-bond donors (Lipinski definition) is 1. The lowest BCUT2D eigenvalue weighted by Gasteiger charge is -2.38. The van der Waals surface area contributed by atoms with Crippen LogP contribution in [0.5, 0.6) is 11.6 Å². The molecule has 4 rings (SSSR count). The Kier molecular flexibility index (Phi) is 5.03. The highest BCUT2D eigenvalue weighted by Gasteiger charge is 2.31. The third kappa shape index (κ3) is 3.40. The highest BCUT2D eigenvalue weighted by atomic mass is 32.1. The molecule has 0 spiro atoms. The smallest absolute Gasteiger partial charge is 0.230 e. The maximum Gasteiger partial charge on any atom is 0.230 e. The van der Waals surface area contributed by atoms with Gasteiger partial charge in [0.05, 0.1) is 18.0 Å². The fourth-order valence-electron chi connectivity index (χ4n) is 3.68. The maximum absolute atomic E-state index is 10.9. The number of methoxy groups -OCH3 is 1. The number of benzene rings is 1. The van der Waals surface area contributed by atoms with Crippen molar-refractivity contribution in [3.8, 4) is 11.6 Å². The molecule has 1 aromatic carbocycles. The molecule has 27 heavy (non-hydrogen) atoms. The minimum absolute atomic E-state index is 0.0243. The Morgan fingerprint density at radius 2 is 1.89 bits per heavy atom. The van der Waals surface area contributed by atoms with Gasteiger partial charge >= 0.3 is 0 Å². The number of aromatic nitrogens is 3. The van der Waals surface area contributed by atoms with E-state index in [0.717, 1.165) is 53.9 Å². The average Bonchev–Trinajstić information content (AvgIpc) is 3.20. The van der Waals surface area contributed by atoms with Crippen molar-refractivity contribution in [3.63, 3.8) is 0 Å². The number of rotatable bonds is 5. The molecule has 1 atom stereocenters. The lowest BCUT2D eigenvalue weighted by atomic mass is 10.0. The third-order valence-corrected chi connectivity index (χ3v) is 6.28. The van der Waals surface area contributed by atoms with Crippen LogP contribution < -0.4 is 4.74 Å². The maximum atomic E-state index is 10.9. The van der Waals surface area contributed by atoms with Crippen LogP contribution in [0.3, 0.4) is 0 Å². The molecular weight excluding hydrogens is 362 g/mol. The molecule has 1 aliphatic heterocycles. The number of aryl methyl sites for hydroxylation is 1. The number of nitrogens with zero attached hydrogens (tertiary/aromatic N) is 5. The van der Waals surface area contributed by atoms with Gasteiger partial charge in [0.15, 0.2) is 0 Å². The first-order valence-electron chi connectivity index (χ1n) is 9.26. The Bertz CT molecular complexity index is 912. The SMILES string of the molecule is CCN1CCN(C(c2ccc(OC)cc2)c2sc3nc(C)nn3c2O)CC1. The van der Waals surface area contributed by atoms with Crippen LogP contribution in [0.15, 0.2) is 24.3 Å². The van der Waals surface area contributed by atoms with E-state index in [0.29, 0.717) is 5.82 Å². The molecule has 1 fully saturated rings. The fraction of sp³-hybridized carbons (Fsp3) is 0.474. The van der Waals surface area contributed by atoms with E-state index in [1.807, 2.05) is 19.1 Å². The topological polar surface area (TPSA) is 66.1 Å². The number of piperazine rings is 1. The van der Waals surface area contributed by atoms with Crippen LogP contribution in [-0.2, 0) is 0 Å². The van der Waals surface area contributed by atoms with E-state index >= 15 is 0 Å². The molecule has 0 amide bonds. The largest absolute Gasteiger partial charge is 0.497 e. The Morgan fingerprint density at radius 1 is 1.19 bits per heavy atom. The van der Waals surface area contributed by atoms with E-state index in [2.05, 4.69) is 38.9 Å². The molecular formula is C19H25N5O2S. The predicted molar refractivity (Wildman–Crippen MR) is 106 cm³/mol. The standard InChI is InChI=1S/C19H25N5O2S/c1-4-22-9-11-23(12-10-22)16(14-5-7-15(26-3)8-6-14)17-18(25)24-19(27-17)20-13(2)21-24/h5-8,16,25H,4,9-12H2,1-3H3. The minimum Gasteiger partial charge on any atom is -0.497 e. The van der Waals surface area contributed by atoms with Crippen molar-refractivity contribution >= 4 is 16.3 Å². The number of fused-ring (bicyclic) bond motifs is 1. The first kappa shape index (κ1) is 18.2. The molecule has 3 aromatic rings. The monoisotopic (exact) mass is 387 g/mol. The Hall–Kier alpha value is -2.16. The molecule has 144 valence electrons. The van der Waals surface area contributed by atoms with Gasteiger partial charge in [-0.3, -0.25) is 4.90 Å². The summed E-state index contributed by atoms with van der Waals surface area (Å²) in [6, 6.07) is 8.08. The molecule has 1 saturated heterocycles. The van der Waals surface area contributed by atoms with Crippen LogP contribution in [0.2, 0.25) is 0 Å². The van der Waals surface area contributed by atoms with Crippen molar-refractivity contribution in [2.75, 3.05) is 39.8 Å². The second-order valence-electron chi connectivity index (χ2n) is 6.79. The lowest BCUT2D eigenvalue weighted by molar-refractivity contribution is 0.113. The van der Waals surface area contributed by atoms with Crippen LogP contribution in [0.4, 0.5) is 0 Å². The molecule has 3 heterocycles. The summed E-state index contributed by atoms with van der Waals surface area (Å²) in [7, 11) is 1.67. The molecule has 1 N–H and O–H groups in total. The van der Waals surface area contributed by atoms with E-state index in [-0.39, 0.29) is 11.9 Å². The van der Waals surface area contributed by atoms with Crippen molar-refractivity contribution < 1.29 is 9.84 Å². The average molecular weight is 388 g/mol. The van der Waals surface area contributed by atoms with Crippen LogP contribution >= 0.6 is 11.3 Å². The zero-order valence-corrected chi connectivity index (χ0v) is 16.7. The molecule has 0 bridgehead atoms. The first-order valence-corrected chi connectivity index (χ1v) is 10.1.